The van der Waals surface area contributed by atoms with Crippen LogP contribution in [0.15, 0.2) is 95.1 Å². The van der Waals surface area contributed by atoms with E-state index in [-0.39, 0.29) is 61.3 Å². The molecular weight excluding hydrogens is 1210 g/mol. The van der Waals surface area contributed by atoms with Crippen LogP contribution in [0.1, 0.15) is 163 Å². The van der Waals surface area contributed by atoms with Crippen LogP contribution in [0.2, 0.25) is 0 Å². The van der Waals surface area contributed by atoms with Gasteiger partial charge in [-0.3, -0.25) is 29.2 Å². The Labute approximate surface area is 544 Å². The van der Waals surface area contributed by atoms with Crippen molar-refractivity contribution >= 4 is 55.3 Å². The van der Waals surface area contributed by atoms with Crippen LogP contribution >= 0.6 is 0 Å². The number of fused-ring (bicyclic) bond motifs is 4. The molecule has 2 spiro atoms. The highest BCUT2D eigenvalue weighted by Gasteiger charge is 2.49. The van der Waals surface area contributed by atoms with Gasteiger partial charge in [0.25, 0.3) is 23.6 Å². The van der Waals surface area contributed by atoms with E-state index < -0.39 is 31.1 Å². The number of piperidine rings is 2. The van der Waals surface area contributed by atoms with E-state index in [0.717, 1.165) is 127 Å². The number of carbonyl (C=O) groups is 4. The number of amidine groups is 2. The van der Waals surface area contributed by atoms with E-state index in [9.17, 15) is 36.0 Å². The maximum Gasteiger partial charge on any atom is 0.253 e. The van der Waals surface area contributed by atoms with Crippen LogP contribution in [-0.2, 0) is 64.8 Å². The number of allylic oxidation sites excluding steroid dienone is 1. The van der Waals surface area contributed by atoms with Gasteiger partial charge in [-0.1, -0.05) is 63.1 Å². The van der Waals surface area contributed by atoms with E-state index in [0.29, 0.717) is 107 Å². The SMILES string of the molecule is CCCCc1ccc2cc1OCCCC=COCCN(C)C(=O)c1ccc(c(C)c1)CCS(=O)(=O)N1CCC3(CC1)N=C2NC3=O.CCCCc1ccc2cc1OCCCCCOCCN(C)C(=O)c1ccc(c(C)c1)CCS(=O)(=O)N1CCC3(CC1)N=C2NC3=O. The second kappa shape index (κ2) is 31.8. The van der Waals surface area contributed by atoms with E-state index >= 15 is 0 Å². The summed E-state index contributed by atoms with van der Waals surface area (Å²) in [6.45, 7) is 12.5. The van der Waals surface area contributed by atoms with Crippen LogP contribution in [0.4, 0.5) is 0 Å². The summed E-state index contributed by atoms with van der Waals surface area (Å²) in [5.74, 6) is 1.97. The molecule has 2 N–H and O–H groups in total. The molecule has 2 fully saturated rings. The standard InChI is InChI=1S/C35H48N4O6S.C35H46N4O6S/c2*1-4-5-9-28-11-12-29-25-31(28)45-21-8-6-7-20-44-22-19-38(3)33(40)30-13-10-27(26(2)24-30)14-23-46(42,43)39-17-15-35(16-18-39)34(41)36-32(29)37-35/h10-13,24-25H,4-9,14-23H2,1-3H3,(H,36,37,41);7,10-13,20,24-25H,4-6,8-9,14-19,21-23H2,1-3H3,(H,36,37,41). The number of unbranched alkanes of at least 4 members (excludes halogenated alkanes) is 2. The molecule has 0 atom stereocenters. The van der Waals surface area contributed by atoms with Crippen molar-refractivity contribution in [3.63, 3.8) is 0 Å². The summed E-state index contributed by atoms with van der Waals surface area (Å²) in [6, 6.07) is 22.9. The van der Waals surface area contributed by atoms with Crippen LogP contribution in [-0.4, -0.2) is 180 Å². The quantitative estimate of drug-likeness (QED) is 0.185. The Hall–Kier alpha value is -6.98. The first-order chi connectivity index (χ1) is 44.2. The molecule has 4 aromatic carbocycles. The van der Waals surface area contributed by atoms with Crippen LogP contribution in [0.5, 0.6) is 11.5 Å². The molecule has 10 heterocycles. The van der Waals surface area contributed by atoms with Gasteiger partial charge in [0.15, 0.2) is 0 Å². The predicted octanol–water partition coefficient (Wildman–Crippen LogP) is 8.67. The third-order valence-corrected chi connectivity index (χ3v) is 22.3. The lowest BCUT2D eigenvalue weighted by atomic mass is 9.89. The molecule has 0 aromatic heterocycles. The Kier molecular flexibility index (Phi) is 23.9. The first-order valence-electron chi connectivity index (χ1n) is 33.1. The van der Waals surface area contributed by atoms with Gasteiger partial charge in [-0.25, -0.2) is 25.4 Å². The average Bonchev–Trinajstić information content (AvgIpc) is 1.62. The molecule has 92 heavy (non-hydrogen) atoms. The average molecular weight is 1300 g/mol. The molecule has 20 nitrogen and oxygen atoms in total. The van der Waals surface area contributed by atoms with E-state index in [1.54, 1.807) is 42.3 Å². The second-order valence-electron chi connectivity index (χ2n) is 25.2. The highest BCUT2D eigenvalue weighted by molar-refractivity contribution is 7.89. The third-order valence-electron chi connectivity index (χ3n) is 18.5. The van der Waals surface area contributed by atoms with Gasteiger partial charge in [0.05, 0.1) is 44.1 Å². The fourth-order valence-electron chi connectivity index (χ4n) is 12.4. The molecule has 14 bridgehead atoms. The Balaban J connectivity index is 0.000000217. The third kappa shape index (κ3) is 17.4. The largest absolute Gasteiger partial charge is 0.500 e. The number of sulfonamides is 2. The molecule has 10 aliphatic rings. The fraction of sp³-hybridized carbons (Fsp3) is 0.543. The van der Waals surface area contributed by atoms with Crippen molar-refractivity contribution in [3.8, 4) is 11.5 Å². The number of aryl methyl sites for hydroxylation is 6. The van der Waals surface area contributed by atoms with E-state index in [1.807, 2.05) is 68.5 Å². The summed E-state index contributed by atoms with van der Waals surface area (Å²) in [5.41, 5.74) is 6.55. The van der Waals surface area contributed by atoms with Gasteiger partial charge in [0.2, 0.25) is 20.0 Å². The Morgan fingerprint density at radius 1 is 0.522 bits per heavy atom. The highest BCUT2D eigenvalue weighted by atomic mass is 32.2. The lowest BCUT2D eigenvalue weighted by Gasteiger charge is -2.34. The van der Waals surface area contributed by atoms with Crippen molar-refractivity contribution in [1.82, 2.24) is 29.0 Å². The Morgan fingerprint density at radius 2 is 0.967 bits per heavy atom. The van der Waals surface area contributed by atoms with Crippen LogP contribution in [0.25, 0.3) is 0 Å². The fourth-order valence-corrected chi connectivity index (χ4v) is 15.4. The Morgan fingerprint density at radius 3 is 1.43 bits per heavy atom. The number of rotatable bonds is 6. The number of amides is 4. The van der Waals surface area contributed by atoms with Gasteiger partial charge in [0.1, 0.15) is 40.9 Å². The maximum absolute atomic E-state index is 13.4. The van der Waals surface area contributed by atoms with Crippen LogP contribution in [0, 0.1) is 13.8 Å². The molecular formula is C70H94N8O12S2. The number of likely N-dealkylation sites (N-methyl/N-ethyl adjacent to an activating group) is 2. The Bertz CT molecular complexity index is 3610. The first-order valence-corrected chi connectivity index (χ1v) is 36.3. The monoisotopic (exact) mass is 1300 g/mol. The summed E-state index contributed by atoms with van der Waals surface area (Å²) in [5, 5.41) is 5.97. The minimum atomic E-state index is -3.56. The smallest absolute Gasteiger partial charge is 0.253 e. The lowest BCUT2D eigenvalue weighted by Crippen LogP contribution is -2.50. The number of carbonyl (C=O) groups excluding carboxylic acids is 4. The number of hydrogen-bond acceptors (Lipinski definition) is 14. The van der Waals surface area contributed by atoms with Gasteiger partial charge in [-0.2, -0.15) is 0 Å². The summed E-state index contributed by atoms with van der Waals surface area (Å²) in [7, 11) is -3.60. The first kappa shape index (κ1) is 69.4. The summed E-state index contributed by atoms with van der Waals surface area (Å²) in [4.78, 5) is 65.6. The molecule has 4 aromatic rings. The maximum atomic E-state index is 13.4. The summed E-state index contributed by atoms with van der Waals surface area (Å²) in [6.07, 6.45) is 16.0. The minimum Gasteiger partial charge on any atom is -0.500 e. The van der Waals surface area contributed by atoms with Crippen molar-refractivity contribution in [2.24, 2.45) is 9.98 Å². The zero-order chi connectivity index (χ0) is 65.5. The van der Waals surface area contributed by atoms with Gasteiger partial charge < -0.3 is 39.4 Å². The normalized spacial score (nSPS) is 24.4. The van der Waals surface area contributed by atoms with Crippen molar-refractivity contribution in [3.05, 3.63) is 141 Å². The van der Waals surface area contributed by atoms with E-state index in [4.69, 9.17) is 28.9 Å². The van der Waals surface area contributed by atoms with E-state index in [1.165, 1.54) is 8.61 Å². The lowest BCUT2D eigenvalue weighted by molar-refractivity contribution is -0.125. The number of nitrogens with one attached hydrogen (secondary N) is 2. The van der Waals surface area contributed by atoms with Crippen LogP contribution < -0.4 is 20.1 Å². The number of nitrogens with zero attached hydrogens (tertiary/aromatic N) is 6. The molecule has 10 aliphatic heterocycles. The molecule has 0 unspecified atom stereocenters. The molecule has 4 amide bonds. The van der Waals surface area contributed by atoms with E-state index in [2.05, 4.69) is 36.6 Å². The molecule has 0 saturated carbocycles. The number of hydrogen-bond donors (Lipinski definition) is 2. The van der Waals surface area contributed by atoms with Gasteiger partial charge >= 0.3 is 0 Å². The van der Waals surface area contributed by atoms with Crippen molar-refractivity contribution in [1.29, 1.82) is 0 Å². The van der Waals surface area contributed by atoms with Crippen molar-refractivity contribution in [2.45, 2.75) is 148 Å². The van der Waals surface area contributed by atoms with Crippen molar-refractivity contribution < 1.29 is 55.0 Å². The molecule has 14 rings (SSSR count). The molecule has 0 aliphatic carbocycles. The number of aliphatic imine (C=N–C) groups is 2. The van der Waals surface area contributed by atoms with Crippen LogP contribution in [0.3, 0.4) is 0 Å². The topological polar surface area (TPSA) is 235 Å². The number of benzene rings is 4. The molecule has 0 radical (unpaired) electrons. The summed E-state index contributed by atoms with van der Waals surface area (Å²) >= 11 is 0. The zero-order valence-corrected chi connectivity index (χ0v) is 56.3. The molecule has 2 saturated heterocycles. The number of ether oxygens (including phenoxy) is 4. The van der Waals surface area contributed by atoms with Crippen molar-refractivity contribution in [2.75, 3.05) is 97.9 Å². The minimum absolute atomic E-state index is 0.0424. The zero-order valence-electron chi connectivity index (χ0n) is 54.7. The predicted molar refractivity (Wildman–Crippen MR) is 358 cm³/mol. The van der Waals surface area contributed by atoms with Gasteiger partial charge in [0, 0.05) is 75.7 Å². The van der Waals surface area contributed by atoms with Gasteiger partial charge in [-0.15, -0.1) is 0 Å². The highest BCUT2D eigenvalue weighted by Crippen LogP contribution is 2.36. The molecule has 498 valence electrons. The summed E-state index contributed by atoms with van der Waals surface area (Å²) < 4.78 is 80.4. The molecule has 22 heteroatoms. The van der Waals surface area contributed by atoms with Gasteiger partial charge in [-0.05, 0) is 186 Å². The second-order valence-corrected chi connectivity index (χ2v) is 29.3.